The SMILES string of the molecule is CC(C)(C)OC(=O)N1CC[C@@H](B2OC(C)(C)C(C)(C)O2)[C@@H](F)C1. The van der Waals surface area contributed by atoms with Crippen molar-refractivity contribution < 1.29 is 23.2 Å². The Morgan fingerprint density at radius 1 is 1.22 bits per heavy atom. The third-order valence-electron chi connectivity index (χ3n) is 4.86. The fraction of sp³-hybridized carbons (Fsp3) is 0.938. The molecule has 1 amide bonds. The van der Waals surface area contributed by atoms with E-state index in [0.717, 1.165) is 0 Å². The number of likely N-dealkylation sites (tertiary alicyclic amines) is 1. The molecule has 0 saturated carbocycles. The summed E-state index contributed by atoms with van der Waals surface area (Å²) in [5.74, 6) is -0.366. The standard InChI is InChI=1S/C16H29BFNO4/c1-14(2,3)21-13(20)19-9-8-11(12(18)10-19)17-22-15(4,5)16(6,7)23-17/h11-12H,8-10H2,1-7H3/t11-,12+/m1/s1. The summed E-state index contributed by atoms with van der Waals surface area (Å²) < 4.78 is 31.9. The number of nitrogens with zero attached hydrogens (tertiary/aromatic N) is 1. The van der Waals surface area contributed by atoms with E-state index in [1.54, 1.807) is 20.8 Å². The molecular formula is C16H29BFNO4. The Kier molecular flexibility index (Phi) is 4.77. The highest BCUT2D eigenvalue weighted by atomic mass is 19.1. The van der Waals surface area contributed by atoms with Crippen LogP contribution in [-0.4, -0.2) is 54.2 Å². The zero-order chi connectivity index (χ0) is 17.6. The number of rotatable bonds is 1. The van der Waals surface area contributed by atoms with Gasteiger partial charge in [0.1, 0.15) is 11.8 Å². The molecule has 0 radical (unpaired) electrons. The minimum Gasteiger partial charge on any atom is -0.444 e. The van der Waals surface area contributed by atoms with Crippen molar-refractivity contribution in [1.82, 2.24) is 4.90 Å². The first-order chi connectivity index (χ1) is 10.3. The third kappa shape index (κ3) is 3.99. The zero-order valence-corrected chi connectivity index (χ0v) is 15.3. The number of carbonyl (C=O) groups is 1. The Balaban J connectivity index is 1.96. The average molecular weight is 329 g/mol. The van der Waals surface area contributed by atoms with Crippen molar-refractivity contribution in [3.63, 3.8) is 0 Å². The average Bonchev–Trinajstić information content (AvgIpc) is 2.55. The number of halogens is 1. The van der Waals surface area contributed by atoms with Crippen molar-refractivity contribution in [1.29, 1.82) is 0 Å². The number of alkyl halides is 1. The van der Waals surface area contributed by atoms with E-state index in [1.807, 2.05) is 27.7 Å². The molecule has 0 aromatic heterocycles. The van der Waals surface area contributed by atoms with Gasteiger partial charge in [0.25, 0.3) is 0 Å². The molecule has 0 N–H and O–H groups in total. The summed E-state index contributed by atoms with van der Waals surface area (Å²) >= 11 is 0. The molecule has 2 atom stereocenters. The van der Waals surface area contributed by atoms with Gasteiger partial charge < -0.3 is 18.9 Å². The van der Waals surface area contributed by atoms with E-state index in [2.05, 4.69) is 0 Å². The van der Waals surface area contributed by atoms with Gasteiger partial charge in [-0.3, -0.25) is 0 Å². The topological polar surface area (TPSA) is 48.0 Å². The molecule has 2 aliphatic rings. The Morgan fingerprint density at radius 3 is 2.17 bits per heavy atom. The number of amides is 1. The fourth-order valence-electron chi connectivity index (χ4n) is 2.79. The van der Waals surface area contributed by atoms with Gasteiger partial charge in [0.2, 0.25) is 0 Å². The maximum Gasteiger partial charge on any atom is 0.464 e. The summed E-state index contributed by atoms with van der Waals surface area (Å²) in [5, 5.41) is 0. The van der Waals surface area contributed by atoms with Gasteiger partial charge in [0.15, 0.2) is 0 Å². The van der Waals surface area contributed by atoms with Gasteiger partial charge in [-0.1, -0.05) is 0 Å². The van der Waals surface area contributed by atoms with Crippen LogP contribution in [-0.2, 0) is 14.0 Å². The van der Waals surface area contributed by atoms with Crippen LogP contribution in [0.25, 0.3) is 0 Å². The number of piperidine rings is 1. The van der Waals surface area contributed by atoms with Gasteiger partial charge >= 0.3 is 13.2 Å². The van der Waals surface area contributed by atoms with E-state index in [9.17, 15) is 9.18 Å². The second kappa shape index (κ2) is 5.92. The Morgan fingerprint density at radius 2 is 1.74 bits per heavy atom. The quantitative estimate of drug-likeness (QED) is 0.692. The van der Waals surface area contributed by atoms with Crippen LogP contribution >= 0.6 is 0 Å². The molecule has 5 nitrogen and oxygen atoms in total. The first-order valence-electron chi connectivity index (χ1n) is 8.30. The normalized spacial score (nSPS) is 30.4. The van der Waals surface area contributed by atoms with Crippen LogP contribution in [0.2, 0.25) is 5.82 Å². The number of hydrogen-bond donors (Lipinski definition) is 0. The first kappa shape index (κ1) is 18.5. The summed E-state index contributed by atoms with van der Waals surface area (Å²) in [5.41, 5.74) is -1.52. The van der Waals surface area contributed by atoms with E-state index in [0.29, 0.717) is 13.0 Å². The predicted molar refractivity (Wildman–Crippen MR) is 87.2 cm³/mol. The van der Waals surface area contributed by atoms with Crippen molar-refractivity contribution in [2.75, 3.05) is 13.1 Å². The molecule has 132 valence electrons. The Labute approximate surface area is 139 Å². The lowest BCUT2D eigenvalue weighted by molar-refractivity contribution is 0.00578. The molecule has 2 heterocycles. The van der Waals surface area contributed by atoms with Gasteiger partial charge in [-0.05, 0) is 54.9 Å². The van der Waals surface area contributed by atoms with Crippen LogP contribution in [0.4, 0.5) is 9.18 Å². The van der Waals surface area contributed by atoms with Crippen molar-refractivity contribution in [3.05, 3.63) is 0 Å². The van der Waals surface area contributed by atoms with Gasteiger partial charge in [0.05, 0.1) is 17.7 Å². The van der Waals surface area contributed by atoms with Crippen molar-refractivity contribution in [3.8, 4) is 0 Å². The number of hydrogen-bond acceptors (Lipinski definition) is 4. The van der Waals surface area contributed by atoms with Crippen LogP contribution in [0.5, 0.6) is 0 Å². The lowest BCUT2D eigenvalue weighted by atomic mass is 9.66. The summed E-state index contributed by atoms with van der Waals surface area (Å²) in [6, 6.07) is 0. The maximum absolute atomic E-state index is 14.6. The van der Waals surface area contributed by atoms with Crippen molar-refractivity contribution in [2.45, 2.75) is 83.7 Å². The molecule has 2 fully saturated rings. The number of carbonyl (C=O) groups excluding carboxylic acids is 1. The van der Waals surface area contributed by atoms with Crippen molar-refractivity contribution >= 4 is 13.2 Å². The second-order valence-corrected chi connectivity index (χ2v) is 8.52. The molecule has 0 spiro atoms. The van der Waals surface area contributed by atoms with E-state index >= 15 is 0 Å². The van der Waals surface area contributed by atoms with Gasteiger partial charge in [-0.15, -0.1) is 0 Å². The molecule has 0 bridgehead atoms. The van der Waals surface area contributed by atoms with Gasteiger partial charge in [0, 0.05) is 12.4 Å². The third-order valence-corrected chi connectivity index (χ3v) is 4.86. The molecular weight excluding hydrogens is 300 g/mol. The Hall–Kier alpha value is -0.815. The second-order valence-electron chi connectivity index (χ2n) is 8.52. The molecule has 0 aromatic rings. The lowest BCUT2D eigenvalue weighted by Crippen LogP contribution is -2.48. The fourth-order valence-corrected chi connectivity index (χ4v) is 2.79. The largest absolute Gasteiger partial charge is 0.464 e. The summed E-state index contributed by atoms with van der Waals surface area (Å²) in [4.78, 5) is 13.5. The minimum atomic E-state index is -1.19. The summed E-state index contributed by atoms with van der Waals surface area (Å²) in [6.45, 7) is 13.7. The molecule has 2 rings (SSSR count). The predicted octanol–water partition coefficient (Wildman–Crippen LogP) is 3.43. The minimum absolute atomic E-state index is 0.0175. The molecule has 23 heavy (non-hydrogen) atoms. The van der Waals surface area contributed by atoms with Crippen LogP contribution in [0, 0.1) is 0 Å². The highest BCUT2D eigenvalue weighted by Crippen LogP contribution is 2.43. The van der Waals surface area contributed by atoms with E-state index in [1.165, 1.54) is 4.90 Å². The molecule has 2 aliphatic heterocycles. The van der Waals surface area contributed by atoms with Gasteiger partial charge in [-0.25, -0.2) is 9.18 Å². The zero-order valence-electron chi connectivity index (χ0n) is 15.3. The van der Waals surface area contributed by atoms with E-state index < -0.39 is 36.2 Å². The number of ether oxygens (including phenoxy) is 1. The maximum atomic E-state index is 14.6. The van der Waals surface area contributed by atoms with Crippen LogP contribution in [0.15, 0.2) is 0 Å². The van der Waals surface area contributed by atoms with E-state index in [-0.39, 0.29) is 12.4 Å². The molecule has 7 heteroatoms. The lowest BCUT2D eigenvalue weighted by Gasteiger charge is -2.36. The summed E-state index contributed by atoms with van der Waals surface area (Å²) in [7, 11) is -0.573. The highest BCUT2D eigenvalue weighted by molar-refractivity contribution is 6.47. The van der Waals surface area contributed by atoms with Crippen LogP contribution in [0.1, 0.15) is 54.9 Å². The monoisotopic (exact) mass is 329 g/mol. The van der Waals surface area contributed by atoms with Crippen LogP contribution < -0.4 is 0 Å². The van der Waals surface area contributed by atoms with Crippen LogP contribution in [0.3, 0.4) is 0 Å². The summed E-state index contributed by atoms with van der Waals surface area (Å²) in [6.07, 6.45) is -1.16. The van der Waals surface area contributed by atoms with Crippen molar-refractivity contribution in [2.24, 2.45) is 0 Å². The van der Waals surface area contributed by atoms with Gasteiger partial charge in [-0.2, -0.15) is 0 Å². The van der Waals surface area contributed by atoms with E-state index in [4.69, 9.17) is 14.0 Å². The molecule has 0 aliphatic carbocycles. The molecule has 2 saturated heterocycles. The highest BCUT2D eigenvalue weighted by Gasteiger charge is 2.56. The Bertz CT molecular complexity index is 447. The molecule has 0 unspecified atom stereocenters. The smallest absolute Gasteiger partial charge is 0.444 e. The molecule has 0 aromatic carbocycles. The first-order valence-corrected chi connectivity index (χ1v) is 8.30.